The van der Waals surface area contributed by atoms with Crippen molar-refractivity contribution in [2.45, 2.75) is 13.8 Å². The van der Waals surface area contributed by atoms with Gasteiger partial charge in [0, 0.05) is 17.4 Å². The summed E-state index contributed by atoms with van der Waals surface area (Å²) in [4.78, 5) is 12.5. The zero-order valence-electron chi connectivity index (χ0n) is 12.6. The maximum atomic E-state index is 11.3. The second-order valence-electron chi connectivity index (χ2n) is 5.27. The normalized spacial score (nSPS) is 10.5. The molecule has 0 unspecified atom stereocenters. The van der Waals surface area contributed by atoms with E-state index in [0.29, 0.717) is 0 Å². The zero-order chi connectivity index (χ0) is 15.5. The first-order valence-electron chi connectivity index (χ1n) is 7.17. The molecule has 2 aromatic carbocycles. The molecular weight excluding hydrogens is 290 g/mol. The number of hydrogen-bond acceptors (Lipinski definition) is 2. The van der Waals surface area contributed by atoms with Crippen LogP contribution < -0.4 is 5.32 Å². The van der Waals surface area contributed by atoms with Gasteiger partial charge >= 0.3 is 0 Å². The summed E-state index contributed by atoms with van der Waals surface area (Å²) >= 11 is 1.61. The second kappa shape index (κ2) is 6.16. The lowest BCUT2D eigenvalue weighted by atomic mass is 10.0. The Balaban J connectivity index is 2.12. The van der Waals surface area contributed by atoms with Crippen molar-refractivity contribution in [2.75, 3.05) is 5.32 Å². The van der Waals surface area contributed by atoms with Gasteiger partial charge in [0.05, 0.1) is 5.00 Å². The standard InChI is InChI=1S/C19H17NOS/c1-13-8-10-15(11-9-13)17-12-18(20-14(2)21)22-19(17)16-6-4-3-5-7-16/h3-12H,1-2H3,(H,20,21). The molecule has 3 rings (SSSR count). The highest BCUT2D eigenvalue weighted by Gasteiger charge is 2.13. The van der Waals surface area contributed by atoms with E-state index < -0.39 is 0 Å². The summed E-state index contributed by atoms with van der Waals surface area (Å²) in [5.41, 5.74) is 4.72. The summed E-state index contributed by atoms with van der Waals surface area (Å²) in [5.74, 6) is -0.0451. The fourth-order valence-corrected chi connectivity index (χ4v) is 3.51. The molecule has 3 aromatic rings. The molecule has 0 saturated heterocycles. The highest BCUT2D eigenvalue weighted by Crippen LogP contribution is 2.41. The van der Waals surface area contributed by atoms with Gasteiger partial charge in [-0.15, -0.1) is 11.3 Å². The fourth-order valence-electron chi connectivity index (χ4n) is 2.38. The maximum Gasteiger partial charge on any atom is 0.221 e. The number of hydrogen-bond donors (Lipinski definition) is 1. The predicted molar refractivity (Wildman–Crippen MR) is 94.2 cm³/mol. The minimum absolute atomic E-state index is 0.0451. The maximum absolute atomic E-state index is 11.3. The lowest BCUT2D eigenvalue weighted by Crippen LogP contribution is -2.03. The average molecular weight is 307 g/mol. The molecule has 0 radical (unpaired) electrons. The molecule has 0 atom stereocenters. The third kappa shape index (κ3) is 3.10. The first-order valence-corrected chi connectivity index (χ1v) is 7.99. The highest BCUT2D eigenvalue weighted by atomic mass is 32.1. The lowest BCUT2D eigenvalue weighted by molar-refractivity contribution is -0.114. The van der Waals surface area contributed by atoms with Gasteiger partial charge in [-0.25, -0.2) is 0 Å². The van der Waals surface area contributed by atoms with Gasteiger partial charge in [-0.1, -0.05) is 60.2 Å². The largest absolute Gasteiger partial charge is 0.318 e. The Morgan fingerprint density at radius 3 is 2.27 bits per heavy atom. The molecule has 0 spiro atoms. The molecule has 22 heavy (non-hydrogen) atoms. The Labute approximate surface area is 134 Å². The van der Waals surface area contributed by atoms with E-state index in [4.69, 9.17) is 0 Å². The van der Waals surface area contributed by atoms with E-state index in [2.05, 4.69) is 54.7 Å². The number of nitrogens with one attached hydrogen (secondary N) is 1. The van der Waals surface area contributed by atoms with Gasteiger partial charge in [0.2, 0.25) is 5.91 Å². The molecule has 0 aliphatic heterocycles. The highest BCUT2D eigenvalue weighted by molar-refractivity contribution is 7.20. The van der Waals surface area contributed by atoms with Crippen LogP contribution in [0.15, 0.2) is 60.7 Å². The second-order valence-corrected chi connectivity index (χ2v) is 6.32. The Kier molecular flexibility index (Phi) is 4.07. The lowest BCUT2D eigenvalue weighted by Gasteiger charge is -2.04. The third-order valence-corrected chi connectivity index (χ3v) is 4.53. The summed E-state index contributed by atoms with van der Waals surface area (Å²) in [6.45, 7) is 3.62. The van der Waals surface area contributed by atoms with Gasteiger partial charge in [0.1, 0.15) is 0 Å². The number of amides is 1. The van der Waals surface area contributed by atoms with Crippen molar-refractivity contribution >= 4 is 22.2 Å². The van der Waals surface area contributed by atoms with Gasteiger partial charge in [-0.2, -0.15) is 0 Å². The molecule has 0 bridgehead atoms. The molecule has 1 heterocycles. The molecule has 1 N–H and O–H groups in total. The van der Waals surface area contributed by atoms with Crippen molar-refractivity contribution in [2.24, 2.45) is 0 Å². The van der Waals surface area contributed by atoms with Gasteiger partial charge < -0.3 is 5.32 Å². The minimum Gasteiger partial charge on any atom is -0.318 e. The van der Waals surface area contributed by atoms with Crippen molar-refractivity contribution < 1.29 is 4.79 Å². The van der Waals surface area contributed by atoms with Crippen LogP contribution in [0.1, 0.15) is 12.5 Å². The number of anilines is 1. The summed E-state index contributed by atoms with van der Waals surface area (Å²) in [5, 5.41) is 3.77. The number of benzene rings is 2. The Bertz CT molecular complexity index is 788. The van der Waals surface area contributed by atoms with Crippen LogP contribution in [0.3, 0.4) is 0 Å². The van der Waals surface area contributed by atoms with Crippen LogP contribution in [0.5, 0.6) is 0 Å². The van der Waals surface area contributed by atoms with Gasteiger partial charge in [-0.3, -0.25) is 4.79 Å². The van der Waals surface area contributed by atoms with E-state index in [-0.39, 0.29) is 5.91 Å². The Hall–Kier alpha value is -2.39. The number of carbonyl (C=O) groups excluding carboxylic acids is 1. The molecule has 1 amide bonds. The van der Waals surface area contributed by atoms with Crippen LogP contribution in [0.4, 0.5) is 5.00 Å². The van der Waals surface area contributed by atoms with Crippen LogP contribution >= 0.6 is 11.3 Å². The zero-order valence-corrected chi connectivity index (χ0v) is 13.4. The van der Waals surface area contributed by atoms with Crippen LogP contribution in [-0.2, 0) is 4.79 Å². The molecule has 0 fully saturated rings. The van der Waals surface area contributed by atoms with Crippen molar-refractivity contribution in [3.05, 3.63) is 66.2 Å². The van der Waals surface area contributed by atoms with Crippen molar-refractivity contribution in [3.8, 4) is 21.6 Å². The van der Waals surface area contributed by atoms with Crippen LogP contribution in [-0.4, -0.2) is 5.91 Å². The molecule has 0 aliphatic rings. The number of carbonyl (C=O) groups is 1. The number of rotatable bonds is 3. The quantitative estimate of drug-likeness (QED) is 0.694. The van der Waals surface area contributed by atoms with E-state index in [9.17, 15) is 4.79 Å². The monoisotopic (exact) mass is 307 g/mol. The summed E-state index contributed by atoms with van der Waals surface area (Å²) in [6.07, 6.45) is 0. The molecule has 0 saturated carbocycles. The smallest absolute Gasteiger partial charge is 0.221 e. The van der Waals surface area contributed by atoms with E-state index in [1.165, 1.54) is 22.9 Å². The fraction of sp³-hybridized carbons (Fsp3) is 0.105. The van der Waals surface area contributed by atoms with Crippen molar-refractivity contribution in [1.82, 2.24) is 0 Å². The molecule has 0 aliphatic carbocycles. The third-order valence-electron chi connectivity index (χ3n) is 3.43. The first kappa shape index (κ1) is 14.5. The molecule has 110 valence electrons. The van der Waals surface area contributed by atoms with E-state index in [1.807, 2.05) is 18.2 Å². The topological polar surface area (TPSA) is 29.1 Å². The summed E-state index contributed by atoms with van der Waals surface area (Å²) in [6, 6.07) is 20.8. The van der Waals surface area contributed by atoms with Gasteiger partial charge in [0.25, 0.3) is 0 Å². The Morgan fingerprint density at radius 2 is 1.64 bits per heavy atom. The Morgan fingerprint density at radius 1 is 0.955 bits per heavy atom. The SMILES string of the molecule is CC(=O)Nc1cc(-c2ccc(C)cc2)c(-c2ccccc2)s1. The van der Waals surface area contributed by atoms with Crippen LogP contribution in [0.2, 0.25) is 0 Å². The van der Waals surface area contributed by atoms with Gasteiger partial charge in [0.15, 0.2) is 0 Å². The van der Waals surface area contributed by atoms with E-state index >= 15 is 0 Å². The first-order chi connectivity index (χ1) is 10.6. The van der Waals surface area contributed by atoms with Crippen molar-refractivity contribution in [1.29, 1.82) is 0 Å². The van der Waals surface area contributed by atoms with E-state index in [0.717, 1.165) is 16.1 Å². The number of aryl methyl sites for hydroxylation is 1. The number of thiophene rings is 1. The minimum atomic E-state index is -0.0451. The van der Waals surface area contributed by atoms with Crippen LogP contribution in [0.25, 0.3) is 21.6 Å². The van der Waals surface area contributed by atoms with E-state index in [1.54, 1.807) is 11.3 Å². The van der Waals surface area contributed by atoms with Crippen molar-refractivity contribution in [3.63, 3.8) is 0 Å². The molecule has 2 nitrogen and oxygen atoms in total. The molecular formula is C19H17NOS. The van der Waals surface area contributed by atoms with Gasteiger partial charge in [-0.05, 0) is 24.1 Å². The summed E-state index contributed by atoms with van der Waals surface area (Å²) in [7, 11) is 0. The van der Waals surface area contributed by atoms with Crippen LogP contribution in [0, 0.1) is 6.92 Å². The average Bonchev–Trinajstić information content (AvgIpc) is 2.92. The summed E-state index contributed by atoms with van der Waals surface area (Å²) < 4.78 is 0. The molecule has 1 aromatic heterocycles. The predicted octanol–water partition coefficient (Wildman–Crippen LogP) is 5.35. The molecule has 3 heteroatoms.